The zero-order valence-electron chi connectivity index (χ0n) is 11.5. The molecule has 0 radical (unpaired) electrons. The van der Waals surface area contributed by atoms with E-state index in [9.17, 15) is 0 Å². The standard InChI is InChI=1S/C14H18BrN3O/c1-4-13-16-14(5-2)18(17-13)9-10-6-7-12(19-3)11(15)8-10/h6-8H,4-5,9H2,1-3H3. The number of ether oxygens (including phenoxy) is 1. The van der Waals surface area contributed by atoms with Crippen LogP contribution in [0.3, 0.4) is 0 Å². The molecule has 0 aliphatic rings. The highest BCUT2D eigenvalue weighted by Gasteiger charge is 2.08. The Morgan fingerprint density at radius 3 is 2.63 bits per heavy atom. The molecule has 0 unspecified atom stereocenters. The number of rotatable bonds is 5. The average molecular weight is 324 g/mol. The third-order valence-electron chi connectivity index (χ3n) is 2.97. The highest BCUT2D eigenvalue weighted by molar-refractivity contribution is 9.10. The molecule has 0 bridgehead atoms. The maximum Gasteiger partial charge on any atom is 0.150 e. The fourth-order valence-electron chi connectivity index (χ4n) is 1.95. The molecule has 0 fully saturated rings. The van der Waals surface area contributed by atoms with E-state index in [1.807, 2.05) is 10.7 Å². The van der Waals surface area contributed by atoms with Gasteiger partial charge in [0.15, 0.2) is 5.82 Å². The molecular weight excluding hydrogens is 306 g/mol. The summed E-state index contributed by atoms with van der Waals surface area (Å²) in [5, 5.41) is 4.53. The van der Waals surface area contributed by atoms with Crippen molar-refractivity contribution >= 4 is 15.9 Å². The normalized spacial score (nSPS) is 10.7. The SMILES string of the molecule is CCc1nc(CC)n(Cc2ccc(OC)c(Br)c2)n1. The molecule has 0 aliphatic heterocycles. The summed E-state index contributed by atoms with van der Waals surface area (Å²) >= 11 is 3.50. The summed E-state index contributed by atoms with van der Waals surface area (Å²) in [5.74, 6) is 2.78. The highest BCUT2D eigenvalue weighted by Crippen LogP contribution is 2.25. The Balaban J connectivity index is 2.25. The molecule has 0 amide bonds. The Hall–Kier alpha value is -1.36. The van der Waals surface area contributed by atoms with Crippen LogP contribution in [0.15, 0.2) is 22.7 Å². The van der Waals surface area contributed by atoms with Crippen molar-refractivity contribution in [3.05, 3.63) is 39.9 Å². The van der Waals surface area contributed by atoms with Gasteiger partial charge in [-0.05, 0) is 33.6 Å². The van der Waals surface area contributed by atoms with Gasteiger partial charge in [-0.15, -0.1) is 0 Å². The molecule has 5 heteroatoms. The van der Waals surface area contributed by atoms with Crippen molar-refractivity contribution in [2.75, 3.05) is 7.11 Å². The number of halogens is 1. The Morgan fingerprint density at radius 1 is 1.26 bits per heavy atom. The van der Waals surface area contributed by atoms with E-state index in [-0.39, 0.29) is 0 Å². The van der Waals surface area contributed by atoms with Crippen LogP contribution in [-0.4, -0.2) is 21.9 Å². The van der Waals surface area contributed by atoms with Crippen LogP contribution >= 0.6 is 15.9 Å². The Kier molecular flexibility index (Phi) is 4.58. The molecule has 1 heterocycles. The zero-order chi connectivity index (χ0) is 13.8. The molecule has 102 valence electrons. The van der Waals surface area contributed by atoms with Crippen LogP contribution in [0.5, 0.6) is 5.75 Å². The lowest BCUT2D eigenvalue weighted by atomic mass is 10.2. The monoisotopic (exact) mass is 323 g/mol. The van der Waals surface area contributed by atoms with E-state index in [1.165, 1.54) is 5.56 Å². The van der Waals surface area contributed by atoms with Crippen molar-refractivity contribution in [3.63, 3.8) is 0 Å². The van der Waals surface area contributed by atoms with Crippen LogP contribution in [0.4, 0.5) is 0 Å². The first-order chi connectivity index (χ1) is 9.17. The second-order valence-corrected chi connectivity index (χ2v) is 5.13. The van der Waals surface area contributed by atoms with Gasteiger partial charge in [0.25, 0.3) is 0 Å². The average Bonchev–Trinajstić information content (AvgIpc) is 2.81. The molecule has 2 aromatic rings. The molecule has 4 nitrogen and oxygen atoms in total. The van der Waals surface area contributed by atoms with Gasteiger partial charge in [-0.1, -0.05) is 19.9 Å². The third kappa shape index (κ3) is 3.15. The number of aromatic nitrogens is 3. The molecular formula is C14H18BrN3O. The van der Waals surface area contributed by atoms with Gasteiger partial charge in [-0.2, -0.15) is 5.10 Å². The second kappa shape index (κ2) is 6.19. The van der Waals surface area contributed by atoms with E-state index in [2.05, 4.69) is 52.0 Å². The largest absolute Gasteiger partial charge is 0.496 e. The van der Waals surface area contributed by atoms with Gasteiger partial charge in [0.2, 0.25) is 0 Å². The summed E-state index contributed by atoms with van der Waals surface area (Å²) in [5.41, 5.74) is 1.18. The maximum atomic E-state index is 5.23. The number of aryl methyl sites for hydroxylation is 2. The van der Waals surface area contributed by atoms with Crippen molar-refractivity contribution in [2.45, 2.75) is 33.2 Å². The molecule has 19 heavy (non-hydrogen) atoms. The molecule has 1 aromatic carbocycles. The highest BCUT2D eigenvalue weighted by atomic mass is 79.9. The van der Waals surface area contributed by atoms with Crippen molar-refractivity contribution in [1.82, 2.24) is 14.8 Å². The molecule has 0 N–H and O–H groups in total. The predicted molar refractivity (Wildman–Crippen MR) is 78.6 cm³/mol. The Morgan fingerprint density at radius 2 is 2.05 bits per heavy atom. The van der Waals surface area contributed by atoms with Gasteiger partial charge in [-0.3, -0.25) is 0 Å². The lowest BCUT2D eigenvalue weighted by Gasteiger charge is -2.08. The molecule has 0 spiro atoms. The van der Waals surface area contributed by atoms with E-state index in [4.69, 9.17) is 4.74 Å². The van der Waals surface area contributed by atoms with Gasteiger partial charge in [0, 0.05) is 12.8 Å². The molecule has 0 aliphatic carbocycles. The van der Waals surface area contributed by atoms with Crippen LogP contribution < -0.4 is 4.74 Å². The quantitative estimate of drug-likeness (QED) is 0.848. The molecule has 0 saturated heterocycles. The third-order valence-corrected chi connectivity index (χ3v) is 3.59. The van der Waals surface area contributed by atoms with Crippen molar-refractivity contribution in [1.29, 1.82) is 0 Å². The first-order valence-electron chi connectivity index (χ1n) is 6.42. The Bertz CT molecular complexity index is 566. The lowest BCUT2D eigenvalue weighted by Crippen LogP contribution is -2.06. The van der Waals surface area contributed by atoms with Crippen molar-refractivity contribution in [2.24, 2.45) is 0 Å². The van der Waals surface area contributed by atoms with Crippen molar-refractivity contribution < 1.29 is 4.74 Å². The smallest absolute Gasteiger partial charge is 0.150 e. The number of hydrogen-bond acceptors (Lipinski definition) is 3. The zero-order valence-corrected chi connectivity index (χ0v) is 13.1. The van der Waals surface area contributed by atoms with Crippen LogP contribution in [0.1, 0.15) is 31.1 Å². The van der Waals surface area contributed by atoms with Crippen LogP contribution in [0, 0.1) is 0 Å². The predicted octanol–water partition coefficient (Wildman–Crippen LogP) is 3.22. The van der Waals surface area contributed by atoms with Crippen LogP contribution in [0.2, 0.25) is 0 Å². The number of hydrogen-bond donors (Lipinski definition) is 0. The van der Waals surface area contributed by atoms with Gasteiger partial charge < -0.3 is 4.74 Å². The summed E-state index contributed by atoms with van der Waals surface area (Å²) in [6.07, 6.45) is 1.76. The summed E-state index contributed by atoms with van der Waals surface area (Å²) < 4.78 is 8.17. The minimum atomic E-state index is 0.735. The summed E-state index contributed by atoms with van der Waals surface area (Å²) in [6.45, 7) is 4.91. The minimum Gasteiger partial charge on any atom is -0.496 e. The maximum absolute atomic E-state index is 5.23. The fourth-order valence-corrected chi connectivity index (χ4v) is 2.53. The second-order valence-electron chi connectivity index (χ2n) is 4.28. The number of methoxy groups -OCH3 is 1. The van der Waals surface area contributed by atoms with E-state index >= 15 is 0 Å². The van der Waals surface area contributed by atoms with E-state index in [1.54, 1.807) is 7.11 Å². The number of nitrogens with zero attached hydrogens (tertiary/aromatic N) is 3. The van der Waals surface area contributed by atoms with E-state index in [0.717, 1.165) is 41.3 Å². The fraction of sp³-hybridized carbons (Fsp3) is 0.429. The minimum absolute atomic E-state index is 0.735. The molecule has 2 rings (SSSR count). The van der Waals surface area contributed by atoms with E-state index < -0.39 is 0 Å². The van der Waals surface area contributed by atoms with E-state index in [0.29, 0.717) is 0 Å². The topological polar surface area (TPSA) is 39.9 Å². The summed E-state index contributed by atoms with van der Waals surface area (Å²) in [4.78, 5) is 4.51. The lowest BCUT2D eigenvalue weighted by molar-refractivity contribution is 0.412. The molecule has 0 atom stereocenters. The van der Waals surface area contributed by atoms with Gasteiger partial charge >= 0.3 is 0 Å². The first-order valence-corrected chi connectivity index (χ1v) is 7.22. The Labute approximate surface area is 121 Å². The van der Waals surface area contributed by atoms with Crippen LogP contribution in [0.25, 0.3) is 0 Å². The first kappa shape index (κ1) is 14.1. The number of benzene rings is 1. The van der Waals surface area contributed by atoms with Crippen LogP contribution in [-0.2, 0) is 19.4 Å². The van der Waals surface area contributed by atoms with Crippen molar-refractivity contribution in [3.8, 4) is 5.75 Å². The summed E-state index contributed by atoms with van der Waals surface area (Å²) in [7, 11) is 1.67. The summed E-state index contributed by atoms with van der Waals surface area (Å²) in [6, 6.07) is 6.07. The van der Waals surface area contributed by atoms with Gasteiger partial charge in [-0.25, -0.2) is 9.67 Å². The van der Waals surface area contributed by atoms with Gasteiger partial charge in [0.05, 0.1) is 18.1 Å². The molecule has 1 aromatic heterocycles. The van der Waals surface area contributed by atoms with Gasteiger partial charge in [0.1, 0.15) is 11.6 Å². The molecule has 0 saturated carbocycles.